The zero-order valence-corrected chi connectivity index (χ0v) is 15.4. The Bertz CT molecular complexity index is 945. The predicted molar refractivity (Wildman–Crippen MR) is 99.3 cm³/mol. The summed E-state index contributed by atoms with van der Waals surface area (Å²) >= 11 is 0. The van der Waals surface area contributed by atoms with Crippen LogP contribution in [-0.2, 0) is 27.1 Å². The molecule has 0 saturated carbocycles. The molecule has 2 aromatic rings. The summed E-state index contributed by atoms with van der Waals surface area (Å²) in [5.41, 5.74) is 1.79. The number of carbonyl (C=O) groups excluding carboxylic acids is 1. The first kappa shape index (κ1) is 18.1. The third kappa shape index (κ3) is 3.62. The van der Waals surface area contributed by atoms with Crippen molar-refractivity contribution in [3.8, 4) is 0 Å². The molecule has 1 amide bonds. The van der Waals surface area contributed by atoms with Gasteiger partial charge >= 0.3 is 5.69 Å². The fourth-order valence-corrected chi connectivity index (χ4v) is 3.39. The van der Waals surface area contributed by atoms with E-state index >= 15 is 0 Å². The molecule has 0 bridgehead atoms. The van der Waals surface area contributed by atoms with E-state index in [1.807, 2.05) is 13.0 Å². The molecule has 7 heteroatoms. The van der Waals surface area contributed by atoms with Gasteiger partial charge in [-0.1, -0.05) is 24.3 Å². The molecule has 0 spiro atoms. The van der Waals surface area contributed by atoms with E-state index in [0.717, 1.165) is 24.1 Å². The van der Waals surface area contributed by atoms with E-state index < -0.39 is 17.2 Å². The van der Waals surface area contributed by atoms with Crippen molar-refractivity contribution in [1.29, 1.82) is 0 Å². The largest absolute Gasteiger partial charge is 0.347 e. The minimum absolute atomic E-state index is 0.0777. The summed E-state index contributed by atoms with van der Waals surface area (Å²) in [5.74, 6) is -0.410. The molecule has 2 heterocycles. The molecule has 1 aliphatic heterocycles. The third-order valence-corrected chi connectivity index (χ3v) is 4.88. The molecule has 0 saturated heterocycles. The maximum atomic E-state index is 12.5. The Labute approximate surface area is 151 Å². The molecule has 0 fully saturated rings. The Hall–Kier alpha value is -2.67. The van der Waals surface area contributed by atoms with Crippen LogP contribution in [0.4, 0.5) is 0 Å². The lowest BCUT2D eigenvalue weighted by atomic mass is 10.00. The topological polar surface area (TPSA) is 76.3 Å². The van der Waals surface area contributed by atoms with Crippen LogP contribution in [0.15, 0.2) is 39.9 Å². The van der Waals surface area contributed by atoms with Crippen LogP contribution in [0.3, 0.4) is 0 Å². The zero-order valence-electron chi connectivity index (χ0n) is 15.4. The number of nitrogens with zero attached hydrogens (tertiary/aromatic N) is 3. The second-order valence-electron chi connectivity index (χ2n) is 6.90. The van der Waals surface area contributed by atoms with Gasteiger partial charge in [-0.15, -0.1) is 0 Å². The van der Waals surface area contributed by atoms with E-state index in [9.17, 15) is 14.4 Å². The lowest BCUT2D eigenvalue weighted by Gasteiger charge is -2.31. The number of hydrogen-bond donors (Lipinski definition) is 1. The highest BCUT2D eigenvalue weighted by Gasteiger charge is 2.20. The van der Waals surface area contributed by atoms with Crippen molar-refractivity contribution in [3.63, 3.8) is 0 Å². The summed E-state index contributed by atoms with van der Waals surface area (Å²) in [4.78, 5) is 38.6. The van der Waals surface area contributed by atoms with Crippen molar-refractivity contribution in [2.75, 3.05) is 13.1 Å². The van der Waals surface area contributed by atoms with E-state index in [0.29, 0.717) is 6.54 Å². The zero-order chi connectivity index (χ0) is 18.8. The van der Waals surface area contributed by atoms with Gasteiger partial charge in [0, 0.05) is 45.8 Å². The Morgan fingerprint density at radius 2 is 1.85 bits per heavy atom. The van der Waals surface area contributed by atoms with Crippen LogP contribution < -0.4 is 16.6 Å². The molecular formula is C19H24N4O3. The number of benzene rings is 1. The summed E-state index contributed by atoms with van der Waals surface area (Å²) in [6.45, 7) is 4.44. The highest BCUT2D eigenvalue weighted by Crippen LogP contribution is 2.18. The monoisotopic (exact) mass is 356 g/mol. The second kappa shape index (κ2) is 7.29. The number of rotatable bonds is 4. The summed E-state index contributed by atoms with van der Waals surface area (Å²) < 4.78 is 2.17. The number of aromatic nitrogens is 2. The van der Waals surface area contributed by atoms with E-state index in [2.05, 4.69) is 28.4 Å². The van der Waals surface area contributed by atoms with Gasteiger partial charge in [-0.25, -0.2) is 4.79 Å². The fourth-order valence-electron chi connectivity index (χ4n) is 3.39. The Balaban J connectivity index is 1.66. The lowest BCUT2D eigenvalue weighted by Crippen LogP contribution is -2.46. The summed E-state index contributed by atoms with van der Waals surface area (Å²) in [6, 6.07) is 9.50. The van der Waals surface area contributed by atoms with Gasteiger partial charge in [-0.05, 0) is 24.5 Å². The van der Waals surface area contributed by atoms with Gasteiger partial charge in [0.25, 0.3) is 11.5 Å². The highest BCUT2D eigenvalue weighted by molar-refractivity contribution is 5.92. The maximum absolute atomic E-state index is 12.5. The molecule has 7 nitrogen and oxygen atoms in total. The minimum Gasteiger partial charge on any atom is -0.347 e. The maximum Gasteiger partial charge on any atom is 0.331 e. The Morgan fingerprint density at radius 3 is 2.58 bits per heavy atom. The molecule has 1 aliphatic rings. The Kier molecular flexibility index (Phi) is 5.08. The van der Waals surface area contributed by atoms with Gasteiger partial charge in [-0.3, -0.25) is 23.6 Å². The van der Waals surface area contributed by atoms with E-state index in [1.165, 1.54) is 35.9 Å². The number of nitrogens with one attached hydrogen (secondary N) is 1. The van der Waals surface area contributed by atoms with Crippen LogP contribution in [0, 0.1) is 0 Å². The molecule has 0 radical (unpaired) electrons. The molecule has 1 atom stereocenters. The van der Waals surface area contributed by atoms with Crippen molar-refractivity contribution in [3.05, 3.63) is 68.0 Å². The first-order valence-electron chi connectivity index (χ1n) is 8.74. The van der Waals surface area contributed by atoms with Crippen molar-refractivity contribution in [2.45, 2.75) is 25.9 Å². The quantitative estimate of drug-likeness (QED) is 0.853. The molecule has 1 unspecified atom stereocenters. The van der Waals surface area contributed by atoms with Crippen LogP contribution in [-0.4, -0.2) is 39.1 Å². The average molecular weight is 356 g/mol. The standard InChI is InChI=1S/C19H24N4O3/c1-13(11-23-9-8-14-6-4-5-7-15(14)12-23)20-18(25)16-10-17(24)22(3)19(26)21(16)2/h4-7,10,13H,8-9,11-12H2,1-3H3,(H,20,25). The first-order valence-corrected chi connectivity index (χ1v) is 8.74. The van der Waals surface area contributed by atoms with Crippen molar-refractivity contribution < 1.29 is 4.79 Å². The number of hydrogen-bond acceptors (Lipinski definition) is 4. The molecule has 138 valence electrons. The molecule has 1 N–H and O–H groups in total. The normalized spacial score (nSPS) is 15.3. The van der Waals surface area contributed by atoms with Gasteiger partial charge < -0.3 is 5.32 Å². The molecule has 1 aromatic carbocycles. The molecular weight excluding hydrogens is 332 g/mol. The van der Waals surface area contributed by atoms with Gasteiger partial charge in [-0.2, -0.15) is 0 Å². The van der Waals surface area contributed by atoms with Crippen molar-refractivity contribution >= 4 is 5.91 Å². The molecule has 0 aliphatic carbocycles. The van der Waals surface area contributed by atoms with Crippen molar-refractivity contribution in [1.82, 2.24) is 19.4 Å². The van der Waals surface area contributed by atoms with Gasteiger partial charge in [0.05, 0.1) is 0 Å². The van der Waals surface area contributed by atoms with Crippen LogP contribution in [0.5, 0.6) is 0 Å². The van der Waals surface area contributed by atoms with Crippen LogP contribution in [0.1, 0.15) is 28.5 Å². The minimum atomic E-state index is -0.511. The molecule has 26 heavy (non-hydrogen) atoms. The van der Waals surface area contributed by atoms with Gasteiger partial charge in [0.15, 0.2) is 0 Å². The molecule has 3 rings (SSSR count). The van der Waals surface area contributed by atoms with Gasteiger partial charge in [0.2, 0.25) is 0 Å². The third-order valence-electron chi connectivity index (χ3n) is 4.88. The average Bonchev–Trinajstić information content (AvgIpc) is 2.62. The van der Waals surface area contributed by atoms with Crippen molar-refractivity contribution in [2.24, 2.45) is 14.1 Å². The summed E-state index contributed by atoms with van der Waals surface area (Å²) in [6.07, 6.45) is 1.00. The van der Waals surface area contributed by atoms with E-state index in [1.54, 1.807) is 0 Å². The number of carbonyl (C=O) groups is 1. The van der Waals surface area contributed by atoms with E-state index in [4.69, 9.17) is 0 Å². The van der Waals surface area contributed by atoms with Crippen LogP contribution in [0.2, 0.25) is 0 Å². The fraction of sp³-hybridized carbons (Fsp3) is 0.421. The smallest absolute Gasteiger partial charge is 0.331 e. The summed E-state index contributed by atoms with van der Waals surface area (Å²) in [7, 11) is 2.88. The second-order valence-corrected chi connectivity index (χ2v) is 6.90. The van der Waals surface area contributed by atoms with Crippen LogP contribution >= 0.6 is 0 Å². The number of fused-ring (bicyclic) bond motifs is 1. The van der Waals surface area contributed by atoms with E-state index in [-0.39, 0.29) is 11.7 Å². The van der Waals surface area contributed by atoms with Crippen LogP contribution in [0.25, 0.3) is 0 Å². The first-order chi connectivity index (χ1) is 12.4. The lowest BCUT2D eigenvalue weighted by molar-refractivity contribution is 0.0916. The van der Waals surface area contributed by atoms with Gasteiger partial charge in [0.1, 0.15) is 5.69 Å². The number of amides is 1. The predicted octanol–water partition coefficient (Wildman–Crippen LogP) is 0.261. The summed E-state index contributed by atoms with van der Waals surface area (Å²) in [5, 5.41) is 2.89. The molecule has 1 aromatic heterocycles. The highest BCUT2D eigenvalue weighted by atomic mass is 16.2. The SMILES string of the molecule is CC(CN1CCc2ccccc2C1)NC(=O)c1cc(=O)n(C)c(=O)n1C. The Morgan fingerprint density at radius 1 is 1.15 bits per heavy atom.